The zero-order chi connectivity index (χ0) is 14.7. The number of carboxylic acids is 1. The summed E-state index contributed by atoms with van der Waals surface area (Å²) >= 11 is 0. The molecule has 1 rings (SSSR count). The topological polar surface area (TPSA) is 103 Å². The van der Waals surface area contributed by atoms with Crippen LogP contribution in [0.25, 0.3) is 0 Å². The average molecular weight is 270 g/mol. The van der Waals surface area contributed by atoms with Crippen LogP contribution in [0.4, 0.5) is 0 Å². The maximum atomic E-state index is 11.4. The number of carbonyl (C=O) groups is 1. The maximum Gasteiger partial charge on any atom is 0.329 e. The van der Waals surface area contributed by atoms with Crippen molar-refractivity contribution < 1.29 is 20.1 Å². The fourth-order valence-corrected chi connectivity index (χ4v) is 1.85. The Morgan fingerprint density at radius 3 is 2.47 bits per heavy atom. The van der Waals surface area contributed by atoms with Gasteiger partial charge in [0.1, 0.15) is 0 Å². The summed E-state index contributed by atoms with van der Waals surface area (Å²) in [5.41, 5.74) is -0.177. The van der Waals surface area contributed by atoms with Gasteiger partial charge in [0.05, 0.1) is 12.3 Å². The minimum atomic E-state index is -1.26. The molecule has 0 saturated carbocycles. The van der Waals surface area contributed by atoms with Crippen molar-refractivity contribution >= 4 is 5.97 Å². The first-order valence-electron chi connectivity index (χ1n) is 5.73. The summed E-state index contributed by atoms with van der Waals surface area (Å²) in [6.07, 6.45) is -0.118. The van der Waals surface area contributed by atoms with Gasteiger partial charge >= 0.3 is 5.97 Å². The number of aliphatic hydroxyl groups is 1. The summed E-state index contributed by atoms with van der Waals surface area (Å²) in [6, 6.07) is -0.0883. The van der Waals surface area contributed by atoms with Crippen molar-refractivity contribution in [3.8, 4) is 5.75 Å². The Balaban J connectivity index is 3.41. The van der Waals surface area contributed by atoms with Crippen LogP contribution in [0.5, 0.6) is 5.75 Å². The Kier molecular flexibility index (Phi) is 4.68. The van der Waals surface area contributed by atoms with Gasteiger partial charge in [-0.15, -0.1) is 0 Å². The Morgan fingerprint density at radius 1 is 1.47 bits per heavy atom. The lowest BCUT2D eigenvalue weighted by Crippen LogP contribution is -2.32. The summed E-state index contributed by atoms with van der Waals surface area (Å²) in [7, 11) is 3.53. The predicted molar refractivity (Wildman–Crippen MR) is 68.1 cm³/mol. The van der Waals surface area contributed by atoms with Gasteiger partial charge in [0.25, 0.3) is 0 Å². The van der Waals surface area contributed by atoms with E-state index in [1.165, 1.54) is 17.6 Å². The molecule has 0 radical (unpaired) electrons. The first-order valence-corrected chi connectivity index (χ1v) is 5.73. The average Bonchev–Trinajstić information content (AvgIpc) is 2.23. The van der Waals surface area contributed by atoms with Crippen LogP contribution in [-0.4, -0.2) is 51.0 Å². The molecule has 0 fully saturated rings. The molecule has 0 aliphatic carbocycles. The number of nitrogens with zero attached hydrogens (tertiary/aromatic N) is 2. The normalized spacial score (nSPS) is 14.4. The molecule has 0 amide bonds. The van der Waals surface area contributed by atoms with Crippen molar-refractivity contribution in [1.29, 1.82) is 0 Å². The van der Waals surface area contributed by atoms with Crippen LogP contribution >= 0.6 is 0 Å². The van der Waals surface area contributed by atoms with Crippen molar-refractivity contribution in [2.24, 2.45) is 0 Å². The van der Waals surface area contributed by atoms with Crippen LogP contribution < -0.4 is 5.43 Å². The zero-order valence-corrected chi connectivity index (χ0v) is 11.1. The lowest BCUT2D eigenvalue weighted by atomic mass is 10.1. The van der Waals surface area contributed by atoms with Crippen LogP contribution in [0, 0.1) is 0 Å². The van der Waals surface area contributed by atoms with Crippen molar-refractivity contribution in [2.75, 3.05) is 14.1 Å². The summed E-state index contributed by atoms with van der Waals surface area (Å²) in [4.78, 5) is 24.4. The van der Waals surface area contributed by atoms with E-state index in [4.69, 9.17) is 5.11 Å². The Bertz CT molecular complexity index is 521. The highest BCUT2D eigenvalue weighted by atomic mass is 16.4. The number of pyridine rings is 1. The highest BCUT2D eigenvalue weighted by Gasteiger charge is 2.27. The number of hydrogen-bond acceptors (Lipinski definition) is 5. The smallest absolute Gasteiger partial charge is 0.329 e. The number of aromatic nitrogens is 1. The van der Waals surface area contributed by atoms with E-state index in [9.17, 15) is 19.8 Å². The molecule has 0 aromatic carbocycles. The predicted octanol–water partition coefficient (Wildman–Crippen LogP) is -0.378. The minimum absolute atomic E-state index is 0.312. The molecule has 7 nitrogen and oxygen atoms in total. The standard InChI is InChI=1S/C12H18N2O5/c1-7(15)11(12(18)19)14-6-10(17)9(16)4-8(14)5-13(2)3/h4,6-7,11,15,17H,5H2,1-3H3,(H,18,19). The number of aromatic hydroxyl groups is 1. The fourth-order valence-electron chi connectivity index (χ4n) is 1.85. The second-order valence-corrected chi connectivity index (χ2v) is 4.68. The van der Waals surface area contributed by atoms with E-state index in [0.29, 0.717) is 12.2 Å². The Morgan fingerprint density at radius 2 is 2.05 bits per heavy atom. The van der Waals surface area contributed by atoms with Crippen molar-refractivity contribution in [2.45, 2.75) is 25.6 Å². The number of hydrogen-bond donors (Lipinski definition) is 3. The third-order valence-corrected chi connectivity index (χ3v) is 2.63. The maximum absolute atomic E-state index is 11.4. The van der Waals surface area contributed by atoms with Crippen molar-refractivity contribution in [1.82, 2.24) is 9.47 Å². The minimum Gasteiger partial charge on any atom is -0.503 e. The second-order valence-electron chi connectivity index (χ2n) is 4.68. The lowest BCUT2D eigenvalue weighted by Gasteiger charge is -2.24. The molecule has 2 unspecified atom stereocenters. The highest BCUT2D eigenvalue weighted by molar-refractivity contribution is 5.72. The van der Waals surface area contributed by atoms with E-state index in [1.54, 1.807) is 19.0 Å². The van der Waals surface area contributed by atoms with E-state index in [0.717, 1.165) is 6.20 Å². The van der Waals surface area contributed by atoms with Gasteiger partial charge in [-0.2, -0.15) is 0 Å². The van der Waals surface area contributed by atoms with Crippen LogP contribution in [0.3, 0.4) is 0 Å². The molecular weight excluding hydrogens is 252 g/mol. The molecule has 106 valence electrons. The quantitative estimate of drug-likeness (QED) is 0.674. The van der Waals surface area contributed by atoms with E-state index >= 15 is 0 Å². The summed E-state index contributed by atoms with van der Waals surface area (Å²) in [5, 5.41) is 28.2. The number of aliphatic hydroxyl groups excluding tert-OH is 1. The van der Waals surface area contributed by atoms with Gasteiger partial charge in [-0.1, -0.05) is 0 Å². The molecule has 1 aromatic rings. The molecule has 0 aliphatic heterocycles. The lowest BCUT2D eigenvalue weighted by molar-refractivity contribution is -0.144. The molecule has 0 aliphatic rings. The molecule has 2 atom stereocenters. The SMILES string of the molecule is CC(O)C(C(=O)O)n1cc(O)c(=O)cc1CN(C)C. The molecule has 1 aromatic heterocycles. The van der Waals surface area contributed by atoms with Gasteiger partial charge in [-0.3, -0.25) is 4.79 Å². The van der Waals surface area contributed by atoms with Crippen molar-refractivity contribution in [3.63, 3.8) is 0 Å². The van der Waals surface area contributed by atoms with E-state index < -0.39 is 29.3 Å². The largest absolute Gasteiger partial charge is 0.503 e. The van der Waals surface area contributed by atoms with Crippen LogP contribution in [-0.2, 0) is 11.3 Å². The zero-order valence-electron chi connectivity index (χ0n) is 11.1. The van der Waals surface area contributed by atoms with Gasteiger partial charge in [0.15, 0.2) is 11.8 Å². The summed E-state index contributed by atoms with van der Waals surface area (Å²) < 4.78 is 1.21. The molecule has 0 saturated heterocycles. The van der Waals surface area contributed by atoms with Crippen LogP contribution in [0.15, 0.2) is 17.1 Å². The second kappa shape index (κ2) is 5.85. The molecular formula is C12H18N2O5. The number of carboxylic acid groups (broad SMARTS) is 1. The molecule has 1 heterocycles. The van der Waals surface area contributed by atoms with Crippen LogP contribution in [0.1, 0.15) is 18.7 Å². The van der Waals surface area contributed by atoms with E-state index in [1.807, 2.05) is 0 Å². The third-order valence-electron chi connectivity index (χ3n) is 2.63. The van der Waals surface area contributed by atoms with Crippen LogP contribution in [0.2, 0.25) is 0 Å². The van der Waals surface area contributed by atoms with Crippen molar-refractivity contribution in [3.05, 3.63) is 28.2 Å². The summed E-state index contributed by atoms with van der Waals surface area (Å²) in [5.74, 6) is -1.78. The van der Waals surface area contributed by atoms with Gasteiger partial charge in [0.2, 0.25) is 5.43 Å². The first-order chi connectivity index (χ1) is 8.73. The van der Waals surface area contributed by atoms with E-state index in [2.05, 4.69) is 0 Å². The van der Waals surface area contributed by atoms with Gasteiger partial charge in [-0.05, 0) is 21.0 Å². The van der Waals surface area contributed by atoms with E-state index in [-0.39, 0.29) is 0 Å². The number of rotatable bonds is 5. The van der Waals surface area contributed by atoms with Gasteiger partial charge in [-0.25, -0.2) is 4.79 Å². The fraction of sp³-hybridized carbons (Fsp3) is 0.500. The monoisotopic (exact) mass is 270 g/mol. The van der Waals surface area contributed by atoms with Gasteiger partial charge < -0.3 is 24.8 Å². The number of aliphatic carboxylic acids is 1. The molecule has 19 heavy (non-hydrogen) atoms. The first kappa shape index (κ1) is 15.2. The Labute approximate surface area is 110 Å². The molecule has 3 N–H and O–H groups in total. The Hall–Kier alpha value is -1.86. The highest BCUT2D eigenvalue weighted by Crippen LogP contribution is 2.18. The molecule has 0 bridgehead atoms. The molecule has 0 spiro atoms. The van der Waals surface area contributed by atoms with Gasteiger partial charge in [0, 0.05) is 18.3 Å². The third kappa shape index (κ3) is 3.55. The molecule has 7 heteroatoms. The summed E-state index contributed by atoms with van der Waals surface area (Å²) in [6.45, 7) is 1.65.